The molecule has 8 heteroatoms. The predicted octanol–water partition coefficient (Wildman–Crippen LogP) is 3.08. The van der Waals surface area contributed by atoms with Crippen molar-refractivity contribution in [2.75, 3.05) is 30.8 Å². The Bertz CT molecular complexity index is 961. The Hall–Kier alpha value is -2.25. The van der Waals surface area contributed by atoms with Crippen LogP contribution in [0.25, 0.3) is 0 Å². The molecule has 3 rings (SSSR count). The SMILES string of the molecule is CCNC(=NCc1ccc(S(C)(=O)=O)cc1)NC1CCN(c2cccc(Cl)c2)C1. The van der Waals surface area contributed by atoms with Gasteiger partial charge in [0.1, 0.15) is 0 Å². The summed E-state index contributed by atoms with van der Waals surface area (Å²) in [5.41, 5.74) is 2.09. The molecule has 1 atom stereocenters. The number of nitrogens with one attached hydrogen (secondary N) is 2. The van der Waals surface area contributed by atoms with Crippen molar-refractivity contribution in [2.24, 2.45) is 4.99 Å². The van der Waals surface area contributed by atoms with Crippen molar-refractivity contribution in [3.05, 3.63) is 59.1 Å². The monoisotopic (exact) mass is 434 g/mol. The molecule has 1 unspecified atom stereocenters. The molecule has 1 aliphatic rings. The third kappa shape index (κ3) is 6.11. The van der Waals surface area contributed by atoms with Gasteiger partial charge in [0.05, 0.1) is 11.4 Å². The maximum atomic E-state index is 11.6. The van der Waals surface area contributed by atoms with E-state index in [1.165, 1.54) is 6.26 Å². The number of hydrogen-bond acceptors (Lipinski definition) is 4. The molecule has 0 aromatic heterocycles. The van der Waals surface area contributed by atoms with Crippen molar-refractivity contribution in [2.45, 2.75) is 30.8 Å². The minimum atomic E-state index is -3.18. The second kappa shape index (κ2) is 9.50. The predicted molar refractivity (Wildman–Crippen MR) is 120 cm³/mol. The molecule has 1 aliphatic heterocycles. The molecule has 0 spiro atoms. The smallest absolute Gasteiger partial charge is 0.191 e. The zero-order chi connectivity index (χ0) is 20.9. The second-order valence-electron chi connectivity index (χ2n) is 7.17. The van der Waals surface area contributed by atoms with Crippen LogP contribution in [0.15, 0.2) is 58.4 Å². The summed E-state index contributed by atoms with van der Waals surface area (Å²) in [6, 6.07) is 15.1. The normalized spacial score (nSPS) is 17.4. The summed E-state index contributed by atoms with van der Waals surface area (Å²) in [6.45, 7) is 5.12. The van der Waals surface area contributed by atoms with Crippen LogP contribution in [-0.4, -0.2) is 46.3 Å². The van der Waals surface area contributed by atoms with Gasteiger partial charge in [0.15, 0.2) is 15.8 Å². The first-order valence-electron chi connectivity index (χ1n) is 9.69. The lowest BCUT2D eigenvalue weighted by atomic mass is 10.2. The Morgan fingerprint density at radius 1 is 1.24 bits per heavy atom. The summed E-state index contributed by atoms with van der Waals surface area (Å²) >= 11 is 6.11. The molecule has 0 radical (unpaired) electrons. The molecule has 6 nitrogen and oxygen atoms in total. The summed E-state index contributed by atoms with van der Waals surface area (Å²) in [5.74, 6) is 0.762. The lowest BCUT2D eigenvalue weighted by Gasteiger charge is -2.20. The average Bonchev–Trinajstić information content (AvgIpc) is 3.14. The van der Waals surface area contributed by atoms with Crippen molar-refractivity contribution >= 4 is 33.1 Å². The summed E-state index contributed by atoms with van der Waals surface area (Å²) in [7, 11) is -3.18. The van der Waals surface area contributed by atoms with E-state index < -0.39 is 9.84 Å². The fourth-order valence-electron chi connectivity index (χ4n) is 3.31. The van der Waals surface area contributed by atoms with Crippen molar-refractivity contribution in [3.63, 3.8) is 0 Å². The standard InChI is InChI=1S/C21H27ClN4O2S/c1-3-23-21(24-14-16-7-9-20(10-8-16)29(2,27)28)25-18-11-12-26(15-18)19-6-4-5-17(22)13-19/h4-10,13,18H,3,11-12,14-15H2,1-2H3,(H2,23,24,25). The van der Waals surface area contributed by atoms with Gasteiger partial charge in [-0.15, -0.1) is 0 Å². The van der Waals surface area contributed by atoms with Crippen LogP contribution in [0, 0.1) is 0 Å². The van der Waals surface area contributed by atoms with Crippen LogP contribution >= 0.6 is 11.6 Å². The van der Waals surface area contributed by atoms with E-state index in [-0.39, 0.29) is 0 Å². The highest BCUT2D eigenvalue weighted by molar-refractivity contribution is 7.90. The zero-order valence-electron chi connectivity index (χ0n) is 16.7. The van der Waals surface area contributed by atoms with E-state index in [1.807, 2.05) is 25.1 Å². The highest BCUT2D eigenvalue weighted by atomic mass is 35.5. The number of guanidine groups is 1. The van der Waals surface area contributed by atoms with Gasteiger partial charge in [-0.05, 0) is 49.2 Å². The molecule has 0 aliphatic carbocycles. The van der Waals surface area contributed by atoms with Gasteiger partial charge in [-0.3, -0.25) is 0 Å². The van der Waals surface area contributed by atoms with E-state index in [1.54, 1.807) is 24.3 Å². The molecule has 0 bridgehead atoms. The number of hydrogen-bond donors (Lipinski definition) is 2. The first-order chi connectivity index (χ1) is 13.8. The number of benzene rings is 2. The molecule has 1 fully saturated rings. The minimum absolute atomic E-state index is 0.291. The third-order valence-corrected chi connectivity index (χ3v) is 6.18. The quantitative estimate of drug-likeness (QED) is 0.540. The minimum Gasteiger partial charge on any atom is -0.369 e. The maximum absolute atomic E-state index is 11.6. The lowest BCUT2D eigenvalue weighted by molar-refractivity contribution is 0.602. The van der Waals surface area contributed by atoms with Gasteiger partial charge in [-0.1, -0.05) is 29.8 Å². The van der Waals surface area contributed by atoms with Crippen molar-refractivity contribution in [3.8, 4) is 0 Å². The van der Waals surface area contributed by atoms with Crippen LogP contribution in [0.4, 0.5) is 5.69 Å². The fraction of sp³-hybridized carbons (Fsp3) is 0.381. The molecular formula is C21H27ClN4O2S. The Kier molecular flexibility index (Phi) is 7.03. The molecule has 0 amide bonds. The van der Waals surface area contributed by atoms with Crippen molar-refractivity contribution in [1.29, 1.82) is 0 Å². The lowest BCUT2D eigenvalue weighted by Crippen LogP contribution is -2.44. The topological polar surface area (TPSA) is 73.8 Å². The molecule has 1 saturated heterocycles. The largest absolute Gasteiger partial charge is 0.369 e. The molecule has 2 N–H and O–H groups in total. The Balaban J connectivity index is 1.61. The van der Waals surface area contributed by atoms with E-state index in [4.69, 9.17) is 11.6 Å². The number of anilines is 1. The summed E-state index contributed by atoms with van der Waals surface area (Å²) in [6.07, 6.45) is 2.22. The van der Waals surface area contributed by atoms with Crippen LogP contribution in [0.5, 0.6) is 0 Å². The molecule has 0 saturated carbocycles. The number of aliphatic imine (C=N–C) groups is 1. The Labute approximate surface area is 177 Å². The molecule has 156 valence electrons. The van der Waals surface area contributed by atoms with Gasteiger partial charge in [0.2, 0.25) is 0 Å². The Morgan fingerprint density at radius 3 is 2.66 bits per heavy atom. The number of rotatable bonds is 6. The van der Waals surface area contributed by atoms with E-state index >= 15 is 0 Å². The van der Waals surface area contributed by atoms with Crippen LogP contribution < -0.4 is 15.5 Å². The highest BCUT2D eigenvalue weighted by Gasteiger charge is 2.23. The molecule has 2 aromatic carbocycles. The van der Waals surface area contributed by atoms with Gasteiger partial charge in [-0.2, -0.15) is 0 Å². The number of nitrogens with zero attached hydrogens (tertiary/aromatic N) is 2. The average molecular weight is 435 g/mol. The highest BCUT2D eigenvalue weighted by Crippen LogP contribution is 2.23. The maximum Gasteiger partial charge on any atom is 0.191 e. The van der Waals surface area contributed by atoms with Gasteiger partial charge in [-0.25, -0.2) is 13.4 Å². The van der Waals surface area contributed by atoms with Crippen molar-refractivity contribution < 1.29 is 8.42 Å². The van der Waals surface area contributed by atoms with Crippen molar-refractivity contribution in [1.82, 2.24) is 10.6 Å². The van der Waals surface area contributed by atoms with E-state index in [2.05, 4.69) is 26.6 Å². The molecule has 1 heterocycles. The third-order valence-electron chi connectivity index (χ3n) is 4.82. The summed E-state index contributed by atoms with van der Waals surface area (Å²) in [5, 5.41) is 7.53. The van der Waals surface area contributed by atoms with Gasteiger partial charge in [0, 0.05) is 42.6 Å². The second-order valence-corrected chi connectivity index (χ2v) is 9.62. The van der Waals surface area contributed by atoms with Crippen LogP contribution in [-0.2, 0) is 16.4 Å². The van der Waals surface area contributed by atoms with E-state index in [0.29, 0.717) is 17.5 Å². The molecule has 29 heavy (non-hydrogen) atoms. The molecular weight excluding hydrogens is 408 g/mol. The first-order valence-corrected chi connectivity index (χ1v) is 12.0. The molecule has 2 aromatic rings. The van der Waals surface area contributed by atoms with Crippen LogP contribution in [0.2, 0.25) is 5.02 Å². The number of halogens is 1. The van der Waals surface area contributed by atoms with E-state index in [9.17, 15) is 8.42 Å². The van der Waals surface area contributed by atoms with Crippen LogP contribution in [0.3, 0.4) is 0 Å². The summed E-state index contributed by atoms with van der Waals surface area (Å²) < 4.78 is 23.2. The summed E-state index contributed by atoms with van der Waals surface area (Å²) in [4.78, 5) is 7.29. The number of sulfone groups is 1. The van der Waals surface area contributed by atoms with E-state index in [0.717, 1.165) is 48.3 Å². The van der Waals surface area contributed by atoms with Gasteiger partial charge >= 0.3 is 0 Å². The Morgan fingerprint density at radius 2 is 2.00 bits per heavy atom. The fourth-order valence-corrected chi connectivity index (χ4v) is 4.13. The zero-order valence-corrected chi connectivity index (χ0v) is 18.3. The van der Waals surface area contributed by atoms with Crippen LogP contribution in [0.1, 0.15) is 18.9 Å². The van der Waals surface area contributed by atoms with Gasteiger partial charge in [0.25, 0.3) is 0 Å². The van der Waals surface area contributed by atoms with Gasteiger partial charge < -0.3 is 15.5 Å². The first kappa shape index (κ1) is 21.5.